The molecule has 0 fully saturated rings. The van der Waals surface area contributed by atoms with Gasteiger partial charge in [-0.25, -0.2) is 4.98 Å². The van der Waals surface area contributed by atoms with Crippen LogP contribution in [-0.4, -0.2) is 16.0 Å². The van der Waals surface area contributed by atoms with Gasteiger partial charge >= 0.3 is 0 Å². The molecular weight excluding hydrogens is 168 g/mol. The van der Waals surface area contributed by atoms with Crippen LogP contribution in [0.2, 0.25) is 0 Å². The summed E-state index contributed by atoms with van der Waals surface area (Å²) in [5, 5.41) is 3.20. The van der Waals surface area contributed by atoms with Gasteiger partial charge in [0.1, 0.15) is 0 Å². The van der Waals surface area contributed by atoms with Crippen molar-refractivity contribution >= 4 is 5.95 Å². The predicted molar refractivity (Wildman–Crippen MR) is 49.3 cm³/mol. The van der Waals surface area contributed by atoms with Gasteiger partial charge in [0.2, 0.25) is 5.95 Å². The third-order valence-electron chi connectivity index (χ3n) is 2.25. The number of anilines is 1. The summed E-state index contributed by atoms with van der Waals surface area (Å²) in [5.74, 6) is 0.206. The number of H-pyrrole nitrogens is 1. The Morgan fingerprint density at radius 3 is 3.15 bits per heavy atom. The first-order valence-corrected chi connectivity index (χ1v) is 4.27. The molecule has 5 heteroatoms. The van der Waals surface area contributed by atoms with Crippen LogP contribution >= 0.6 is 0 Å². The first-order chi connectivity index (χ1) is 6.16. The van der Waals surface area contributed by atoms with Crippen molar-refractivity contribution in [2.24, 2.45) is 0 Å². The van der Waals surface area contributed by atoms with Gasteiger partial charge in [-0.1, -0.05) is 0 Å². The number of hydrogen-bond donors (Lipinski definition) is 3. The van der Waals surface area contributed by atoms with E-state index in [1.54, 1.807) is 0 Å². The van der Waals surface area contributed by atoms with E-state index in [0.717, 1.165) is 12.1 Å². The van der Waals surface area contributed by atoms with Gasteiger partial charge in [-0.2, -0.15) is 0 Å². The molecule has 2 heterocycles. The molecule has 0 amide bonds. The molecule has 0 bridgehead atoms. The zero-order valence-electron chi connectivity index (χ0n) is 7.42. The predicted octanol–water partition coefficient (Wildman–Crippen LogP) is -0.614. The lowest BCUT2D eigenvalue weighted by Crippen LogP contribution is -2.37. The maximum Gasteiger partial charge on any atom is 0.257 e. The van der Waals surface area contributed by atoms with Gasteiger partial charge in [0.05, 0.1) is 11.3 Å². The topological polar surface area (TPSA) is 83.8 Å². The van der Waals surface area contributed by atoms with Gasteiger partial charge < -0.3 is 11.1 Å². The molecule has 1 aliphatic rings. The van der Waals surface area contributed by atoms with E-state index in [0.29, 0.717) is 18.2 Å². The largest absolute Gasteiger partial charge is 0.369 e. The van der Waals surface area contributed by atoms with Crippen LogP contribution in [0.5, 0.6) is 0 Å². The van der Waals surface area contributed by atoms with E-state index < -0.39 is 0 Å². The van der Waals surface area contributed by atoms with E-state index in [4.69, 9.17) is 5.73 Å². The monoisotopic (exact) mass is 180 g/mol. The second kappa shape index (κ2) is 2.85. The average molecular weight is 180 g/mol. The molecule has 5 nitrogen and oxygen atoms in total. The number of aromatic nitrogens is 2. The molecule has 1 atom stereocenters. The number of fused-ring (bicyclic) bond motifs is 1. The minimum atomic E-state index is -0.123. The second-order valence-corrected chi connectivity index (χ2v) is 3.36. The molecule has 2 rings (SSSR count). The molecule has 0 saturated carbocycles. The SMILES string of the molecule is CC1Cc2nc(N)[nH]c(=O)c2CN1. The molecule has 0 aromatic carbocycles. The Morgan fingerprint density at radius 2 is 2.38 bits per heavy atom. The number of nitrogens with one attached hydrogen (secondary N) is 2. The van der Waals surface area contributed by atoms with Crippen LogP contribution in [0.25, 0.3) is 0 Å². The Hall–Kier alpha value is -1.36. The summed E-state index contributed by atoms with van der Waals surface area (Å²) in [6.07, 6.45) is 0.767. The van der Waals surface area contributed by atoms with Crippen LogP contribution < -0.4 is 16.6 Å². The lowest BCUT2D eigenvalue weighted by atomic mass is 10.0. The summed E-state index contributed by atoms with van der Waals surface area (Å²) in [6.45, 7) is 2.64. The Kier molecular flexibility index (Phi) is 1.81. The van der Waals surface area contributed by atoms with Crippen molar-refractivity contribution in [3.05, 3.63) is 21.6 Å². The minimum Gasteiger partial charge on any atom is -0.369 e. The number of nitrogen functional groups attached to an aromatic ring is 1. The Bertz CT molecular complexity index is 384. The highest BCUT2D eigenvalue weighted by Crippen LogP contribution is 2.10. The first kappa shape index (κ1) is 8.25. The lowest BCUT2D eigenvalue weighted by Gasteiger charge is -2.21. The molecule has 4 N–H and O–H groups in total. The quantitative estimate of drug-likeness (QED) is 0.497. The second-order valence-electron chi connectivity index (χ2n) is 3.36. The van der Waals surface area contributed by atoms with Crippen molar-refractivity contribution in [1.82, 2.24) is 15.3 Å². The van der Waals surface area contributed by atoms with Gasteiger partial charge in [-0.05, 0) is 6.92 Å². The van der Waals surface area contributed by atoms with Gasteiger partial charge in [0.25, 0.3) is 5.56 Å². The molecule has 1 aromatic heterocycles. The summed E-state index contributed by atoms with van der Waals surface area (Å²) in [6, 6.07) is 0.362. The number of rotatable bonds is 0. The Balaban J connectivity index is 2.53. The highest BCUT2D eigenvalue weighted by molar-refractivity contribution is 5.27. The van der Waals surface area contributed by atoms with Gasteiger partial charge in [-0.15, -0.1) is 0 Å². The highest BCUT2D eigenvalue weighted by Gasteiger charge is 2.18. The third kappa shape index (κ3) is 1.42. The van der Waals surface area contributed by atoms with Crippen LogP contribution in [0.1, 0.15) is 18.2 Å². The molecular formula is C8H12N4O. The fourth-order valence-corrected chi connectivity index (χ4v) is 1.55. The van der Waals surface area contributed by atoms with E-state index in [1.807, 2.05) is 0 Å². The molecule has 0 spiro atoms. The van der Waals surface area contributed by atoms with Crippen LogP contribution in [0.3, 0.4) is 0 Å². The van der Waals surface area contributed by atoms with E-state index in [9.17, 15) is 4.79 Å². The summed E-state index contributed by atoms with van der Waals surface area (Å²) in [7, 11) is 0. The van der Waals surface area contributed by atoms with Gasteiger partial charge in [0.15, 0.2) is 0 Å². The van der Waals surface area contributed by atoms with Crippen LogP contribution in [0.4, 0.5) is 5.95 Å². The zero-order valence-corrected chi connectivity index (χ0v) is 7.42. The molecule has 0 aliphatic carbocycles. The van der Waals surface area contributed by atoms with E-state index >= 15 is 0 Å². The van der Waals surface area contributed by atoms with Crippen molar-refractivity contribution in [3.63, 3.8) is 0 Å². The Morgan fingerprint density at radius 1 is 1.62 bits per heavy atom. The van der Waals surface area contributed by atoms with Gasteiger partial charge in [0, 0.05) is 19.0 Å². The van der Waals surface area contributed by atoms with Crippen molar-refractivity contribution < 1.29 is 0 Å². The van der Waals surface area contributed by atoms with Crippen molar-refractivity contribution in [2.75, 3.05) is 5.73 Å². The van der Waals surface area contributed by atoms with Crippen LogP contribution in [0.15, 0.2) is 4.79 Å². The van der Waals surface area contributed by atoms with E-state index in [1.165, 1.54) is 0 Å². The van der Waals surface area contributed by atoms with E-state index in [-0.39, 0.29) is 11.5 Å². The third-order valence-corrected chi connectivity index (χ3v) is 2.25. The normalized spacial score (nSPS) is 21.2. The van der Waals surface area contributed by atoms with E-state index in [2.05, 4.69) is 22.2 Å². The smallest absolute Gasteiger partial charge is 0.257 e. The van der Waals surface area contributed by atoms with Crippen LogP contribution in [-0.2, 0) is 13.0 Å². The molecule has 0 saturated heterocycles. The molecule has 1 aliphatic heterocycles. The number of hydrogen-bond acceptors (Lipinski definition) is 4. The maximum absolute atomic E-state index is 11.4. The maximum atomic E-state index is 11.4. The molecule has 1 aromatic rings. The number of aromatic amines is 1. The average Bonchev–Trinajstić information content (AvgIpc) is 2.02. The molecule has 0 radical (unpaired) electrons. The van der Waals surface area contributed by atoms with Crippen molar-refractivity contribution in [2.45, 2.75) is 25.9 Å². The summed E-state index contributed by atoms with van der Waals surface area (Å²) < 4.78 is 0. The van der Waals surface area contributed by atoms with Crippen LogP contribution in [0, 0.1) is 0 Å². The van der Waals surface area contributed by atoms with Crippen molar-refractivity contribution in [1.29, 1.82) is 0 Å². The standard InChI is InChI=1S/C8H12N4O/c1-4-2-6-5(3-10-4)7(13)12-8(9)11-6/h4,10H,2-3H2,1H3,(H3,9,11,12,13). The van der Waals surface area contributed by atoms with Gasteiger partial charge in [-0.3, -0.25) is 9.78 Å². The minimum absolute atomic E-state index is 0.123. The molecule has 13 heavy (non-hydrogen) atoms. The number of nitrogens with zero attached hydrogens (tertiary/aromatic N) is 1. The first-order valence-electron chi connectivity index (χ1n) is 4.27. The lowest BCUT2D eigenvalue weighted by molar-refractivity contribution is 0.501. The fourth-order valence-electron chi connectivity index (χ4n) is 1.55. The fraction of sp³-hybridized carbons (Fsp3) is 0.500. The van der Waals surface area contributed by atoms with Crippen molar-refractivity contribution in [3.8, 4) is 0 Å². The summed E-state index contributed by atoms with van der Waals surface area (Å²) in [5.41, 5.74) is 6.86. The number of nitrogens with two attached hydrogens (primary N) is 1. The highest BCUT2D eigenvalue weighted by atomic mass is 16.1. The summed E-state index contributed by atoms with van der Waals surface area (Å²) >= 11 is 0. The molecule has 70 valence electrons. The summed E-state index contributed by atoms with van der Waals surface area (Å²) in [4.78, 5) is 18.0. The Labute approximate surface area is 75.4 Å². The molecule has 1 unspecified atom stereocenters. The zero-order chi connectivity index (χ0) is 9.42.